The predicted molar refractivity (Wildman–Crippen MR) is 108 cm³/mol. The molecule has 3 rings (SSSR count). The lowest BCUT2D eigenvalue weighted by Gasteiger charge is -2.42. The van der Waals surface area contributed by atoms with Crippen molar-refractivity contribution in [2.45, 2.75) is 59.5 Å². The van der Waals surface area contributed by atoms with Gasteiger partial charge in [0.1, 0.15) is 5.54 Å². The van der Waals surface area contributed by atoms with Crippen LogP contribution in [0.3, 0.4) is 0 Å². The first-order chi connectivity index (χ1) is 13.2. The van der Waals surface area contributed by atoms with Crippen LogP contribution < -0.4 is 0 Å². The van der Waals surface area contributed by atoms with Crippen LogP contribution in [0.15, 0.2) is 18.2 Å². The number of likely N-dealkylation sites (tertiary alicyclic amines) is 1. The van der Waals surface area contributed by atoms with Crippen molar-refractivity contribution in [3.05, 3.63) is 34.9 Å². The molecule has 0 saturated carbocycles. The average Bonchev–Trinajstić information content (AvgIpc) is 2.81. The second kappa shape index (κ2) is 7.57. The minimum absolute atomic E-state index is 0.0225. The second-order valence-electron chi connectivity index (χ2n) is 8.65. The van der Waals surface area contributed by atoms with E-state index < -0.39 is 5.54 Å². The van der Waals surface area contributed by atoms with Gasteiger partial charge in [0.05, 0.1) is 6.54 Å². The minimum atomic E-state index is -0.814. The van der Waals surface area contributed by atoms with Crippen LogP contribution in [-0.4, -0.2) is 57.7 Å². The van der Waals surface area contributed by atoms with Gasteiger partial charge >= 0.3 is 6.03 Å². The second-order valence-corrected chi connectivity index (χ2v) is 8.65. The van der Waals surface area contributed by atoms with E-state index in [1.165, 1.54) is 4.90 Å². The van der Waals surface area contributed by atoms with Gasteiger partial charge in [-0.15, -0.1) is 0 Å². The summed E-state index contributed by atoms with van der Waals surface area (Å²) in [6.45, 7) is 11.6. The zero-order valence-electron chi connectivity index (χ0n) is 17.6. The highest BCUT2D eigenvalue weighted by atomic mass is 16.2. The highest BCUT2D eigenvalue weighted by molar-refractivity contribution is 6.07. The van der Waals surface area contributed by atoms with Crippen molar-refractivity contribution in [1.29, 1.82) is 0 Å². The molecule has 2 aliphatic rings. The number of hydrogen-bond donors (Lipinski definition) is 0. The van der Waals surface area contributed by atoms with Gasteiger partial charge in [-0.05, 0) is 43.7 Å². The highest BCUT2D eigenvalue weighted by Gasteiger charge is 2.58. The van der Waals surface area contributed by atoms with Crippen molar-refractivity contribution in [3.8, 4) is 0 Å². The van der Waals surface area contributed by atoms with Crippen molar-refractivity contribution in [1.82, 2.24) is 14.7 Å². The number of carbonyl (C=O) groups excluding carboxylic acids is 3. The van der Waals surface area contributed by atoms with Gasteiger partial charge in [0.2, 0.25) is 5.91 Å². The van der Waals surface area contributed by atoms with Gasteiger partial charge < -0.3 is 9.80 Å². The molecule has 0 aromatic heterocycles. The number of carbonyl (C=O) groups is 3. The van der Waals surface area contributed by atoms with Crippen molar-refractivity contribution in [3.63, 3.8) is 0 Å². The Bertz CT molecular complexity index is 794. The maximum Gasteiger partial charge on any atom is 0.327 e. The van der Waals surface area contributed by atoms with E-state index in [1.807, 2.05) is 32.0 Å². The molecular formula is C22H31N3O3. The van der Waals surface area contributed by atoms with Crippen LogP contribution >= 0.6 is 0 Å². The summed E-state index contributed by atoms with van der Waals surface area (Å²) in [5.41, 5.74) is 2.38. The lowest BCUT2D eigenvalue weighted by atomic mass is 9.85. The van der Waals surface area contributed by atoms with E-state index >= 15 is 0 Å². The third kappa shape index (κ3) is 3.52. The first-order valence-corrected chi connectivity index (χ1v) is 10.1. The van der Waals surface area contributed by atoms with Crippen molar-refractivity contribution >= 4 is 17.8 Å². The summed E-state index contributed by atoms with van der Waals surface area (Å²) < 4.78 is 0. The van der Waals surface area contributed by atoms with Crippen LogP contribution in [0, 0.1) is 19.8 Å². The molecule has 2 fully saturated rings. The fourth-order valence-electron chi connectivity index (χ4n) is 4.36. The summed E-state index contributed by atoms with van der Waals surface area (Å²) in [7, 11) is 0. The molecule has 1 aromatic carbocycles. The van der Waals surface area contributed by atoms with Crippen molar-refractivity contribution in [2.75, 3.05) is 19.6 Å². The smallest absolute Gasteiger partial charge is 0.327 e. The highest BCUT2D eigenvalue weighted by Crippen LogP contribution is 2.38. The molecular weight excluding hydrogens is 354 g/mol. The van der Waals surface area contributed by atoms with Crippen LogP contribution in [0.2, 0.25) is 0 Å². The number of hydrogen-bond acceptors (Lipinski definition) is 3. The van der Waals surface area contributed by atoms with E-state index in [9.17, 15) is 14.4 Å². The minimum Gasteiger partial charge on any atom is -0.343 e. The third-order valence-corrected chi connectivity index (χ3v) is 6.04. The zero-order chi connectivity index (χ0) is 20.6. The fraction of sp³-hybridized carbons (Fsp3) is 0.591. The number of benzene rings is 1. The van der Waals surface area contributed by atoms with Crippen LogP contribution in [0.1, 0.15) is 50.3 Å². The molecule has 2 aliphatic heterocycles. The average molecular weight is 386 g/mol. The normalized spacial score (nSPS) is 19.3. The van der Waals surface area contributed by atoms with Gasteiger partial charge in [0.25, 0.3) is 5.91 Å². The molecule has 0 unspecified atom stereocenters. The van der Waals surface area contributed by atoms with E-state index in [0.717, 1.165) is 16.7 Å². The first kappa shape index (κ1) is 20.4. The molecule has 1 spiro atoms. The molecule has 0 bridgehead atoms. The Labute approximate surface area is 167 Å². The number of aryl methyl sites for hydroxylation is 2. The number of piperidine rings is 1. The van der Waals surface area contributed by atoms with Crippen LogP contribution in [0.4, 0.5) is 4.79 Å². The molecule has 1 aromatic rings. The van der Waals surface area contributed by atoms with Crippen LogP contribution in [0.25, 0.3) is 0 Å². The molecule has 4 amide bonds. The molecule has 2 heterocycles. The molecule has 28 heavy (non-hydrogen) atoms. The van der Waals surface area contributed by atoms with E-state index in [-0.39, 0.29) is 23.8 Å². The van der Waals surface area contributed by atoms with Gasteiger partial charge in [-0.3, -0.25) is 14.5 Å². The fourth-order valence-corrected chi connectivity index (χ4v) is 4.36. The molecule has 0 aliphatic carbocycles. The first-order valence-electron chi connectivity index (χ1n) is 10.1. The van der Waals surface area contributed by atoms with Gasteiger partial charge in [-0.2, -0.15) is 0 Å². The number of imide groups is 1. The summed E-state index contributed by atoms with van der Waals surface area (Å²) in [5, 5.41) is 0. The van der Waals surface area contributed by atoms with Crippen molar-refractivity contribution in [2.24, 2.45) is 5.92 Å². The Morgan fingerprint density at radius 3 is 2.36 bits per heavy atom. The maximum atomic E-state index is 13.5. The predicted octanol–water partition coefficient (Wildman–Crippen LogP) is 3.10. The molecule has 0 radical (unpaired) electrons. The quantitative estimate of drug-likeness (QED) is 0.748. The van der Waals surface area contributed by atoms with Crippen LogP contribution in [-0.2, 0) is 16.1 Å². The van der Waals surface area contributed by atoms with E-state index in [1.54, 1.807) is 16.7 Å². The van der Waals surface area contributed by atoms with Gasteiger partial charge in [0, 0.05) is 26.6 Å². The molecule has 2 saturated heterocycles. The summed E-state index contributed by atoms with van der Waals surface area (Å²) in [5.74, 6) is 0.177. The number of urea groups is 1. The topological polar surface area (TPSA) is 60.9 Å². The Morgan fingerprint density at radius 1 is 1.14 bits per heavy atom. The van der Waals surface area contributed by atoms with Crippen LogP contribution in [0.5, 0.6) is 0 Å². The summed E-state index contributed by atoms with van der Waals surface area (Å²) >= 11 is 0. The number of amides is 4. The monoisotopic (exact) mass is 385 g/mol. The molecule has 152 valence electrons. The molecule has 0 atom stereocenters. The van der Waals surface area contributed by atoms with E-state index in [4.69, 9.17) is 0 Å². The van der Waals surface area contributed by atoms with E-state index in [2.05, 4.69) is 13.8 Å². The summed E-state index contributed by atoms with van der Waals surface area (Å²) in [4.78, 5) is 43.5. The third-order valence-electron chi connectivity index (χ3n) is 6.04. The molecule has 6 heteroatoms. The lowest BCUT2D eigenvalue weighted by molar-refractivity contribution is -0.140. The Balaban J connectivity index is 1.91. The summed E-state index contributed by atoms with van der Waals surface area (Å²) in [6, 6.07) is 5.92. The Morgan fingerprint density at radius 2 is 1.79 bits per heavy atom. The summed E-state index contributed by atoms with van der Waals surface area (Å²) in [6.07, 6.45) is 1.01. The van der Waals surface area contributed by atoms with Gasteiger partial charge in [-0.1, -0.05) is 37.6 Å². The SMILES string of the molecule is CC(=O)N1CCC2(CC1)C(=O)N(Cc1cc(C)ccc1C)C(=O)N2CC(C)C. The van der Waals surface area contributed by atoms with Crippen molar-refractivity contribution < 1.29 is 14.4 Å². The number of rotatable bonds is 4. The van der Waals surface area contributed by atoms with Gasteiger partial charge in [0.15, 0.2) is 0 Å². The molecule has 0 N–H and O–H groups in total. The standard InChI is InChI=1S/C22H31N3O3/c1-15(2)13-25-21(28)24(14-19-12-16(3)6-7-17(19)4)20(27)22(25)8-10-23(11-9-22)18(5)26/h6-7,12,15H,8-11,13-14H2,1-5H3. The van der Waals surface area contributed by atoms with E-state index in [0.29, 0.717) is 39.0 Å². The Kier molecular flexibility index (Phi) is 5.50. The maximum absolute atomic E-state index is 13.5. The molecule has 6 nitrogen and oxygen atoms in total. The Hall–Kier alpha value is -2.37. The zero-order valence-corrected chi connectivity index (χ0v) is 17.6. The van der Waals surface area contributed by atoms with Gasteiger partial charge in [-0.25, -0.2) is 4.79 Å². The largest absolute Gasteiger partial charge is 0.343 e. The lowest BCUT2D eigenvalue weighted by Crippen LogP contribution is -2.57. The number of nitrogens with zero attached hydrogens (tertiary/aromatic N) is 3.